The van der Waals surface area contributed by atoms with Crippen LogP contribution >= 0.6 is 24.0 Å². The molecule has 0 amide bonds. The first kappa shape index (κ1) is 23.6. The molecule has 0 aliphatic carbocycles. The zero-order valence-corrected chi connectivity index (χ0v) is 20.8. The maximum Gasteiger partial charge on any atom is 0.193 e. The Morgan fingerprint density at radius 1 is 1.20 bits per heavy atom. The summed E-state index contributed by atoms with van der Waals surface area (Å²) in [7, 11) is 3.63. The second-order valence-electron chi connectivity index (χ2n) is 8.97. The molecule has 3 heterocycles. The third-order valence-electron chi connectivity index (χ3n) is 6.96. The number of nitrogens with zero attached hydrogens (tertiary/aromatic N) is 3. The molecule has 168 valence electrons. The Morgan fingerprint density at radius 2 is 1.97 bits per heavy atom. The summed E-state index contributed by atoms with van der Waals surface area (Å²) in [5.74, 6) is 2.73. The first-order chi connectivity index (χ1) is 14.2. The number of methoxy groups -OCH3 is 1. The van der Waals surface area contributed by atoms with Gasteiger partial charge in [0, 0.05) is 45.2 Å². The molecule has 0 radical (unpaired) electrons. The second kappa shape index (κ2) is 11.0. The molecule has 0 bridgehead atoms. The van der Waals surface area contributed by atoms with Crippen LogP contribution < -0.4 is 10.1 Å². The molecule has 4 rings (SSSR count). The molecule has 7 heteroatoms. The van der Waals surface area contributed by atoms with Crippen LogP contribution in [-0.2, 0) is 11.3 Å². The highest BCUT2D eigenvalue weighted by Crippen LogP contribution is 2.38. The zero-order valence-electron chi connectivity index (χ0n) is 18.4. The normalized spacial score (nSPS) is 25.5. The lowest BCUT2D eigenvalue weighted by Crippen LogP contribution is -2.44. The van der Waals surface area contributed by atoms with Gasteiger partial charge < -0.3 is 19.7 Å². The highest BCUT2D eigenvalue weighted by molar-refractivity contribution is 14.0. The first-order valence-corrected chi connectivity index (χ1v) is 11.1. The highest BCUT2D eigenvalue weighted by Gasteiger charge is 2.42. The predicted molar refractivity (Wildman–Crippen MR) is 132 cm³/mol. The van der Waals surface area contributed by atoms with Crippen molar-refractivity contribution < 1.29 is 9.47 Å². The molecule has 1 spiro atoms. The Morgan fingerprint density at radius 3 is 2.60 bits per heavy atom. The van der Waals surface area contributed by atoms with Gasteiger partial charge in [-0.05, 0) is 62.4 Å². The SMILES string of the molecule is CN=C(NCC1CCN(Cc2ccc(OC)cc2)CC1)N1CCC2(CCOC2)C1.I. The Labute approximate surface area is 198 Å². The van der Waals surface area contributed by atoms with Crippen LogP contribution in [0.25, 0.3) is 0 Å². The summed E-state index contributed by atoms with van der Waals surface area (Å²) in [5.41, 5.74) is 1.74. The van der Waals surface area contributed by atoms with E-state index in [4.69, 9.17) is 9.47 Å². The number of halogens is 1. The molecule has 0 aromatic heterocycles. The fourth-order valence-corrected chi connectivity index (χ4v) is 4.99. The summed E-state index contributed by atoms with van der Waals surface area (Å²) >= 11 is 0. The second-order valence-corrected chi connectivity index (χ2v) is 8.97. The predicted octanol–water partition coefficient (Wildman–Crippen LogP) is 3.21. The van der Waals surface area contributed by atoms with E-state index in [1.807, 2.05) is 7.05 Å². The van der Waals surface area contributed by atoms with Crippen molar-refractivity contribution >= 4 is 29.9 Å². The van der Waals surface area contributed by atoms with E-state index >= 15 is 0 Å². The van der Waals surface area contributed by atoms with Crippen LogP contribution in [0.5, 0.6) is 5.75 Å². The van der Waals surface area contributed by atoms with Crippen molar-refractivity contribution in [3.63, 3.8) is 0 Å². The Hall–Kier alpha value is -1.06. The van der Waals surface area contributed by atoms with Gasteiger partial charge in [-0.25, -0.2) is 0 Å². The molecule has 30 heavy (non-hydrogen) atoms. The van der Waals surface area contributed by atoms with Gasteiger partial charge in [0.15, 0.2) is 5.96 Å². The average Bonchev–Trinajstić information content (AvgIpc) is 3.40. The molecule has 1 atom stereocenters. The van der Waals surface area contributed by atoms with Crippen LogP contribution in [0, 0.1) is 11.3 Å². The fraction of sp³-hybridized carbons (Fsp3) is 0.696. The smallest absolute Gasteiger partial charge is 0.193 e. The third-order valence-corrected chi connectivity index (χ3v) is 6.96. The van der Waals surface area contributed by atoms with Crippen LogP contribution in [0.1, 0.15) is 31.2 Å². The number of hydrogen-bond acceptors (Lipinski definition) is 4. The number of piperidine rings is 1. The van der Waals surface area contributed by atoms with Gasteiger partial charge in [0.25, 0.3) is 0 Å². The van der Waals surface area contributed by atoms with Crippen LogP contribution in [0.2, 0.25) is 0 Å². The maximum absolute atomic E-state index is 5.67. The minimum atomic E-state index is 0. The molecule has 3 fully saturated rings. The Balaban J connectivity index is 0.00000256. The van der Waals surface area contributed by atoms with Gasteiger partial charge in [0.1, 0.15) is 5.75 Å². The van der Waals surface area contributed by atoms with Crippen LogP contribution in [0.15, 0.2) is 29.3 Å². The summed E-state index contributed by atoms with van der Waals surface area (Å²) in [6, 6.07) is 8.46. The fourth-order valence-electron chi connectivity index (χ4n) is 4.99. The van der Waals surface area contributed by atoms with E-state index < -0.39 is 0 Å². The molecular weight excluding hydrogens is 491 g/mol. The first-order valence-electron chi connectivity index (χ1n) is 11.1. The van der Waals surface area contributed by atoms with E-state index in [1.165, 1.54) is 44.3 Å². The number of hydrogen-bond donors (Lipinski definition) is 1. The summed E-state index contributed by atoms with van der Waals surface area (Å²) < 4.78 is 10.9. The minimum Gasteiger partial charge on any atom is -0.497 e. The summed E-state index contributed by atoms with van der Waals surface area (Å²) in [5, 5.41) is 3.67. The Bertz CT molecular complexity index is 683. The quantitative estimate of drug-likeness (QED) is 0.362. The lowest BCUT2D eigenvalue weighted by Gasteiger charge is -2.33. The van der Waals surface area contributed by atoms with Gasteiger partial charge >= 0.3 is 0 Å². The van der Waals surface area contributed by atoms with Crippen molar-refractivity contribution in [3.05, 3.63) is 29.8 Å². The average molecular weight is 528 g/mol. The van der Waals surface area contributed by atoms with Gasteiger partial charge in [0.05, 0.1) is 13.7 Å². The van der Waals surface area contributed by atoms with Gasteiger partial charge in [-0.3, -0.25) is 9.89 Å². The van der Waals surface area contributed by atoms with Crippen LogP contribution in [0.3, 0.4) is 0 Å². The third kappa shape index (κ3) is 5.79. The minimum absolute atomic E-state index is 0. The highest BCUT2D eigenvalue weighted by atomic mass is 127. The van der Waals surface area contributed by atoms with Crippen molar-refractivity contribution in [1.82, 2.24) is 15.1 Å². The number of benzene rings is 1. The van der Waals surface area contributed by atoms with Gasteiger partial charge in [0.2, 0.25) is 0 Å². The van der Waals surface area contributed by atoms with E-state index in [2.05, 4.69) is 44.4 Å². The number of ether oxygens (including phenoxy) is 2. The van der Waals surface area contributed by atoms with E-state index in [9.17, 15) is 0 Å². The molecule has 3 aliphatic heterocycles. The summed E-state index contributed by atoms with van der Waals surface area (Å²) in [6.07, 6.45) is 4.93. The number of guanidine groups is 1. The lowest BCUT2D eigenvalue weighted by atomic mass is 9.87. The molecule has 3 saturated heterocycles. The monoisotopic (exact) mass is 528 g/mol. The maximum atomic E-state index is 5.67. The number of rotatable bonds is 5. The summed E-state index contributed by atoms with van der Waals surface area (Å²) in [4.78, 5) is 9.57. The number of nitrogens with one attached hydrogen (secondary N) is 1. The Kier molecular flexibility index (Phi) is 8.65. The van der Waals surface area contributed by atoms with E-state index in [0.29, 0.717) is 5.41 Å². The van der Waals surface area contributed by atoms with Crippen LogP contribution in [-0.4, -0.2) is 75.9 Å². The largest absolute Gasteiger partial charge is 0.497 e. The lowest BCUT2D eigenvalue weighted by molar-refractivity contribution is 0.156. The van der Waals surface area contributed by atoms with Crippen LogP contribution in [0.4, 0.5) is 0 Å². The molecule has 1 aromatic rings. The van der Waals surface area contributed by atoms with Crippen molar-refractivity contribution in [2.75, 3.05) is 60.1 Å². The number of aliphatic imine (C=N–C) groups is 1. The van der Waals surface area contributed by atoms with Crippen molar-refractivity contribution in [2.24, 2.45) is 16.3 Å². The standard InChI is InChI=1S/C23H36N4O2.HI/c1-24-22(27-13-9-23(17-27)10-14-29-18-23)25-15-19-7-11-26(12-8-19)16-20-3-5-21(28-2)6-4-20;/h3-6,19H,7-18H2,1-2H3,(H,24,25);1H. The molecule has 1 aromatic carbocycles. The molecule has 0 saturated carbocycles. The van der Waals surface area contributed by atoms with Gasteiger partial charge in [-0.1, -0.05) is 12.1 Å². The van der Waals surface area contributed by atoms with Crippen molar-refractivity contribution in [1.29, 1.82) is 0 Å². The van der Waals surface area contributed by atoms with Crippen molar-refractivity contribution in [2.45, 2.75) is 32.2 Å². The molecular formula is C23H37IN4O2. The van der Waals surface area contributed by atoms with Crippen molar-refractivity contribution in [3.8, 4) is 5.75 Å². The molecule has 1 N–H and O–H groups in total. The van der Waals surface area contributed by atoms with Gasteiger partial charge in [-0.2, -0.15) is 0 Å². The summed E-state index contributed by atoms with van der Waals surface area (Å²) in [6.45, 7) is 8.44. The van der Waals surface area contributed by atoms with Gasteiger partial charge in [-0.15, -0.1) is 24.0 Å². The number of likely N-dealkylation sites (tertiary alicyclic amines) is 2. The van der Waals surface area contributed by atoms with E-state index in [-0.39, 0.29) is 24.0 Å². The van der Waals surface area contributed by atoms with E-state index in [0.717, 1.165) is 57.0 Å². The molecule has 6 nitrogen and oxygen atoms in total. The topological polar surface area (TPSA) is 49.3 Å². The van der Waals surface area contributed by atoms with E-state index in [1.54, 1.807) is 7.11 Å². The molecule has 3 aliphatic rings. The zero-order chi connectivity index (χ0) is 20.1. The molecule has 1 unspecified atom stereocenters.